The first-order valence-corrected chi connectivity index (χ1v) is 5.74. The highest BCUT2D eigenvalue weighted by atomic mass is 19.1. The molecule has 104 valence electrons. The molecule has 6 nitrogen and oxygen atoms in total. The summed E-state index contributed by atoms with van der Waals surface area (Å²) >= 11 is 0. The Balaban J connectivity index is 3.19. The lowest BCUT2D eigenvalue weighted by Crippen LogP contribution is -2.13. The maximum Gasteiger partial charge on any atom is 0.338 e. The van der Waals surface area contributed by atoms with Crippen LogP contribution in [0.3, 0.4) is 0 Å². The lowest BCUT2D eigenvalue weighted by molar-refractivity contribution is -0.386. The first kappa shape index (κ1) is 14.9. The largest absolute Gasteiger partial charge is 0.484 e. The van der Waals surface area contributed by atoms with Gasteiger partial charge in [0.1, 0.15) is 11.4 Å². The number of hydrogen-bond acceptors (Lipinski definition) is 4. The van der Waals surface area contributed by atoms with Crippen molar-refractivity contribution >= 4 is 11.7 Å². The first-order valence-electron chi connectivity index (χ1n) is 5.74. The summed E-state index contributed by atoms with van der Waals surface area (Å²) in [4.78, 5) is 20.8. The molecule has 0 saturated heterocycles. The van der Waals surface area contributed by atoms with Gasteiger partial charge < -0.3 is 9.84 Å². The van der Waals surface area contributed by atoms with Gasteiger partial charge in [-0.3, -0.25) is 10.1 Å². The summed E-state index contributed by atoms with van der Waals surface area (Å²) in [6.07, 6.45) is 1.14. The molecule has 0 aliphatic rings. The van der Waals surface area contributed by atoms with E-state index >= 15 is 0 Å². The van der Waals surface area contributed by atoms with Gasteiger partial charge in [0.2, 0.25) is 0 Å². The van der Waals surface area contributed by atoms with Gasteiger partial charge in [-0.25, -0.2) is 9.18 Å². The number of nitro benzene ring substituents is 1. The van der Waals surface area contributed by atoms with Crippen molar-refractivity contribution in [3.63, 3.8) is 0 Å². The number of carboxylic acids is 1. The topological polar surface area (TPSA) is 89.7 Å². The summed E-state index contributed by atoms with van der Waals surface area (Å²) in [5.74, 6) is -2.88. The Morgan fingerprint density at radius 1 is 1.58 bits per heavy atom. The molecule has 1 N–H and O–H groups in total. The second-order valence-electron chi connectivity index (χ2n) is 4.08. The average molecular weight is 271 g/mol. The molecule has 1 rings (SSSR count). The lowest BCUT2D eigenvalue weighted by atomic mass is 10.1. The maximum atomic E-state index is 13.5. The Hall–Kier alpha value is -2.18. The van der Waals surface area contributed by atoms with Crippen LogP contribution in [-0.2, 0) is 0 Å². The second-order valence-corrected chi connectivity index (χ2v) is 4.08. The number of ether oxygens (including phenoxy) is 1. The molecule has 0 spiro atoms. The number of carboxylic acid groups (broad SMARTS) is 1. The average Bonchev–Trinajstić information content (AvgIpc) is 2.28. The van der Waals surface area contributed by atoms with Gasteiger partial charge in [0.25, 0.3) is 0 Å². The first-order chi connectivity index (χ1) is 8.86. The highest BCUT2D eigenvalue weighted by Crippen LogP contribution is 2.31. The zero-order chi connectivity index (χ0) is 14.6. The van der Waals surface area contributed by atoms with Crippen LogP contribution in [-0.4, -0.2) is 22.1 Å². The van der Waals surface area contributed by atoms with Gasteiger partial charge in [-0.15, -0.1) is 0 Å². The van der Waals surface area contributed by atoms with E-state index in [0.29, 0.717) is 12.5 Å². The van der Waals surface area contributed by atoms with Crippen molar-refractivity contribution < 1.29 is 24.0 Å². The van der Waals surface area contributed by atoms with Crippen LogP contribution >= 0.6 is 0 Å². The quantitative estimate of drug-likeness (QED) is 0.634. The molecule has 1 unspecified atom stereocenters. The molecule has 19 heavy (non-hydrogen) atoms. The van der Waals surface area contributed by atoms with Crippen LogP contribution in [0.15, 0.2) is 12.1 Å². The number of aromatic carboxylic acids is 1. The van der Waals surface area contributed by atoms with Crippen LogP contribution in [0.4, 0.5) is 10.1 Å². The summed E-state index contributed by atoms with van der Waals surface area (Å²) < 4.78 is 18.8. The van der Waals surface area contributed by atoms with E-state index in [9.17, 15) is 19.3 Å². The normalized spacial score (nSPS) is 11.9. The van der Waals surface area contributed by atoms with Crippen molar-refractivity contribution in [2.24, 2.45) is 0 Å². The fourth-order valence-corrected chi connectivity index (χ4v) is 1.63. The van der Waals surface area contributed by atoms with Crippen molar-refractivity contribution in [3.8, 4) is 5.75 Å². The molecular weight excluding hydrogens is 257 g/mol. The molecule has 0 saturated carbocycles. The van der Waals surface area contributed by atoms with Gasteiger partial charge in [-0.05, 0) is 13.3 Å². The highest BCUT2D eigenvalue weighted by molar-refractivity contribution is 5.89. The Morgan fingerprint density at radius 3 is 2.68 bits per heavy atom. The molecule has 0 radical (unpaired) electrons. The lowest BCUT2D eigenvalue weighted by Gasteiger charge is -2.14. The van der Waals surface area contributed by atoms with Crippen LogP contribution in [0.1, 0.15) is 37.0 Å². The Labute approximate surface area is 109 Å². The minimum absolute atomic E-state index is 0.256. The molecule has 7 heteroatoms. The molecule has 0 fully saturated rings. The Bertz CT molecular complexity index is 503. The van der Waals surface area contributed by atoms with E-state index < -0.39 is 28.0 Å². The predicted octanol–water partition coefficient (Wildman–Crippen LogP) is 3.00. The van der Waals surface area contributed by atoms with E-state index in [1.54, 1.807) is 6.92 Å². The third kappa shape index (κ3) is 3.64. The summed E-state index contributed by atoms with van der Waals surface area (Å²) in [7, 11) is 0. The minimum Gasteiger partial charge on any atom is -0.484 e. The van der Waals surface area contributed by atoms with Crippen molar-refractivity contribution in [1.82, 2.24) is 0 Å². The molecule has 0 aromatic heterocycles. The summed E-state index contributed by atoms with van der Waals surface area (Å²) in [5.41, 5.74) is -1.30. The van der Waals surface area contributed by atoms with Gasteiger partial charge in [0.05, 0.1) is 11.0 Å². The number of rotatable bonds is 6. The third-order valence-electron chi connectivity index (χ3n) is 2.50. The number of hydrogen-bond donors (Lipinski definition) is 1. The van der Waals surface area contributed by atoms with E-state index in [2.05, 4.69) is 0 Å². The predicted molar refractivity (Wildman–Crippen MR) is 65.0 cm³/mol. The van der Waals surface area contributed by atoms with Gasteiger partial charge in [0.15, 0.2) is 5.75 Å². The monoisotopic (exact) mass is 271 g/mol. The number of benzene rings is 1. The van der Waals surface area contributed by atoms with Crippen LogP contribution < -0.4 is 4.74 Å². The molecule has 0 aliphatic heterocycles. The fraction of sp³-hybridized carbons (Fsp3) is 0.417. The molecule has 0 aliphatic carbocycles. The maximum absolute atomic E-state index is 13.5. The molecule has 0 bridgehead atoms. The van der Waals surface area contributed by atoms with Gasteiger partial charge in [-0.1, -0.05) is 13.3 Å². The van der Waals surface area contributed by atoms with E-state index in [4.69, 9.17) is 9.84 Å². The van der Waals surface area contributed by atoms with Crippen LogP contribution in [0.5, 0.6) is 5.75 Å². The third-order valence-corrected chi connectivity index (χ3v) is 2.50. The molecule has 1 aromatic rings. The van der Waals surface area contributed by atoms with Gasteiger partial charge >= 0.3 is 11.7 Å². The van der Waals surface area contributed by atoms with E-state index in [1.807, 2.05) is 6.92 Å². The standard InChI is InChI=1S/C12H14FNO5/c1-3-4-7(2)19-11-6-9(13)8(12(15)16)5-10(11)14(17)18/h5-7H,3-4H2,1-2H3,(H,15,16). The van der Waals surface area contributed by atoms with Gasteiger partial charge in [-0.2, -0.15) is 0 Å². The van der Waals surface area contributed by atoms with Crippen molar-refractivity contribution in [1.29, 1.82) is 0 Å². The van der Waals surface area contributed by atoms with Crippen LogP contribution in [0.2, 0.25) is 0 Å². The summed E-state index contributed by atoms with van der Waals surface area (Å²) in [6, 6.07) is 1.42. The number of nitrogens with zero attached hydrogens (tertiary/aromatic N) is 1. The highest BCUT2D eigenvalue weighted by Gasteiger charge is 2.24. The minimum atomic E-state index is -1.56. The molecule has 1 atom stereocenters. The van der Waals surface area contributed by atoms with E-state index in [-0.39, 0.29) is 11.9 Å². The molecule has 0 heterocycles. The van der Waals surface area contributed by atoms with Crippen LogP contribution in [0, 0.1) is 15.9 Å². The molecule has 0 amide bonds. The summed E-state index contributed by atoms with van der Waals surface area (Å²) in [5, 5.41) is 19.6. The van der Waals surface area contributed by atoms with E-state index in [0.717, 1.165) is 12.5 Å². The second kappa shape index (κ2) is 6.12. The van der Waals surface area contributed by atoms with Crippen molar-refractivity contribution in [2.45, 2.75) is 32.8 Å². The zero-order valence-electron chi connectivity index (χ0n) is 10.6. The van der Waals surface area contributed by atoms with Crippen molar-refractivity contribution in [2.75, 3.05) is 0 Å². The van der Waals surface area contributed by atoms with E-state index in [1.165, 1.54) is 0 Å². The number of nitro groups is 1. The van der Waals surface area contributed by atoms with Gasteiger partial charge in [0, 0.05) is 12.1 Å². The SMILES string of the molecule is CCCC(C)Oc1cc(F)c(C(=O)O)cc1[N+](=O)[O-]. The number of carbonyl (C=O) groups is 1. The smallest absolute Gasteiger partial charge is 0.338 e. The summed E-state index contributed by atoms with van der Waals surface area (Å²) in [6.45, 7) is 3.62. The Morgan fingerprint density at radius 2 is 2.21 bits per heavy atom. The fourth-order valence-electron chi connectivity index (χ4n) is 1.63. The van der Waals surface area contributed by atoms with Crippen molar-refractivity contribution in [3.05, 3.63) is 33.6 Å². The zero-order valence-corrected chi connectivity index (χ0v) is 10.6. The number of halogens is 1. The molecular formula is C12H14FNO5. The Kier molecular flexibility index (Phi) is 4.80. The molecule has 1 aromatic carbocycles. The van der Waals surface area contributed by atoms with Crippen LogP contribution in [0.25, 0.3) is 0 Å².